The van der Waals surface area contributed by atoms with Crippen LogP contribution in [0.1, 0.15) is 125 Å². The number of nitrogens with zero attached hydrogens (tertiary/aromatic N) is 5. The average Bonchev–Trinajstić information content (AvgIpc) is 3.70. The third kappa shape index (κ3) is 21.0. The minimum atomic E-state index is -0.678. The topological polar surface area (TPSA) is 197 Å². The molecule has 0 saturated heterocycles. The molecule has 18 heteroatoms. The number of halogens is 1. The monoisotopic (exact) mass is 1200 g/mol. The molecule has 0 bridgehead atoms. The second kappa shape index (κ2) is 32.6. The Morgan fingerprint density at radius 2 is 0.872 bits per heavy atom. The largest absolute Gasteiger partial charge is 0.493 e. The molecular formula is C68H92ClN9O8. The Morgan fingerprint density at radius 3 is 1.17 bits per heavy atom. The number of benzene rings is 3. The van der Waals surface area contributed by atoms with Crippen LogP contribution in [-0.4, -0.2) is 106 Å². The molecule has 0 atom stereocenters. The molecule has 5 aromatic rings. The first-order chi connectivity index (χ1) is 40.1. The van der Waals surface area contributed by atoms with E-state index in [0.29, 0.717) is 81.9 Å². The van der Waals surface area contributed by atoms with E-state index < -0.39 is 11.1 Å². The van der Waals surface area contributed by atoms with Crippen molar-refractivity contribution in [1.82, 2.24) is 35.3 Å². The highest BCUT2D eigenvalue weighted by Gasteiger charge is 2.32. The molecule has 0 unspecified atom stereocenters. The number of carbonyl (C=O) groups excluding carboxylic acids is 5. The van der Waals surface area contributed by atoms with Gasteiger partial charge in [-0.05, 0) is 124 Å². The molecule has 86 heavy (non-hydrogen) atoms. The van der Waals surface area contributed by atoms with E-state index >= 15 is 0 Å². The first-order valence-corrected chi connectivity index (χ1v) is 29.1. The molecule has 2 aromatic heterocycles. The summed E-state index contributed by atoms with van der Waals surface area (Å²) in [5.41, 5.74) is 8.20. The number of hydrogen-bond donors (Lipinski definition) is 4. The van der Waals surface area contributed by atoms with Gasteiger partial charge in [0.05, 0.1) is 30.9 Å². The van der Waals surface area contributed by atoms with Gasteiger partial charge < -0.3 is 39.5 Å². The maximum atomic E-state index is 12.8. The smallest absolute Gasteiger partial charge is 0.246 e. The minimum Gasteiger partial charge on any atom is -0.493 e. The zero-order valence-corrected chi connectivity index (χ0v) is 54.2. The Kier molecular flexibility index (Phi) is 26.8. The number of fused-ring (bicyclic) bond motifs is 2. The normalized spacial score (nSPS) is 13.9. The molecule has 17 nitrogen and oxygen atoms in total. The number of pyridine rings is 2. The number of hydrogen-bond acceptors (Lipinski definition) is 12. The van der Waals surface area contributed by atoms with Gasteiger partial charge in [0.25, 0.3) is 0 Å². The number of amides is 5. The number of aryl methyl sites for hydroxylation is 3. The first kappa shape index (κ1) is 70.6. The van der Waals surface area contributed by atoms with Crippen LogP contribution in [0, 0.1) is 38.5 Å². The van der Waals surface area contributed by atoms with Crippen molar-refractivity contribution < 1.29 is 38.2 Å². The summed E-state index contributed by atoms with van der Waals surface area (Å²) in [6, 6.07) is 21.9. The summed E-state index contributed by atoms with van der Waals surface area (Å²) in [5.74, 6) is 4.43. The Hall–Kier alpha value is -7.86. The van der Waals surface area contributed by atoms with Crippen molar-refractivity contribution in [1.29, 1.82) is 0 Å². The fraction of sp³-hybridized carbons (Fsp3) is 0.426. The molecular weight excluding hydrogens is 1110 g/mol. The van der Waals surface area contributed by atoms with Gasteiger partial charge in [-0.1, -0.05) is 103 Å². The number of likely N-dealkylation sites (N-methyl/N-ethyl adjacent to an activating group) is 3. The van der Waals surface area contributed by atoms with E-state index in [9.17, 15) is 24.0 Å². The Bertz CT molecular complexity index is 3060. The van der Waals surface area contributed by atoms with Gasteiger partial charge in [0.2, 0.25) is 29.5 Å². The lowest BCUT2D eigenvalue weighted by Crippen LogP contribution is -2.47. The van der Waals surface area contributed by atoms with Gasteiger partial charge >= 0.3 is 0 Å². The lowest BCUT2D eigenvalue weighted by Gasteiger charge is -2.21. The summed E-state index contributed by atoms with van der Waals surface area (Å²) in [7, 11) is 5.31. The van der Waals surface area contributed by atoms with Crippen LogP contribution in [-0.2, 0) is 56.7 Å². The molecule has 4 N–H and O–H groups in total. The second-order valence-electron chi connectivity index (χ2n) is 24.2. The van der Waals surface area contributed by atoms with Crippen LogP contribution in [0.5, 0.6) is 17.2 Å². The van der Waals surface area contributed by atoms with E-state index in [1.807, 2.05) is 115 Å². The first-order valence-electron chi connectivity index (χ1n) is 29.1. The molecule has 0 aliphatic carbocycles. The van der Waals surface area contributed by atoms with Gasteiger partial charge in [-0.15, -0.1) is 12.4 Å². The minimum absolute atomic E-state index is 0. The van der Waals surface area contributed by atoms with Crippen molar-refractivity contribution in [2.24, 2.45) is 17.8 Å². The summed E-state index contributed by atoms with van der Waals surface area (Å²) in [6.45, 7) is 34.0. The van der Waals surface area contributed by atoms with E-state index in [-0.39, 0.29) is 41.9 Å². The molecule has 464 valence electrons. The fourth-order valence-electron chi connectivity index (χ4n) is 8.68. The second-order valence-corrected chi connectivity index (χ2v) is 24.2. The van der Waals surface area contributed by atoms with Crippen molar-refractivity contribution in [2.75, 3.05) is 51.6 Å². The van der Waals surface area contributed by atoms with Crippen molar-refractivity contribution in [3.05, 3.63) is 160 Å². The summed E-state index contributed by atoms with van der Waals surface area (Å²) < 4.78 is 17.9. The molecule has 7 rings (SSSR count). The SMILES string of the molecule is C=CC(=O)N(C)Cc1cccc(C)c1OCC(C)C.Cc1cccc(CN(C)C(=O)/C=C/c2cnc3c(c2)CNC(C)(C)C(=O)N3)c1OCC(C)C.Cc1cccc(CN(C)C(=O)/C=C/c2cnc3c(c2)CNC(C)(C)C(=O)N3)c1OCC(C)C.Cl. The Balaban J connectivity index is 0.000000286. The number of aromatic nitrogens is 2. The van der Waals surface area contributed by atoms with E-state index in [2.05, 4.69) is 79.4 Å². The fourth-order valence-corrected chi connectivity index (χ4v) is 8.68. The van der Waals surface area contributed by atoms with Crippen LogP contribution in [0.15, 0.2) is 104 Å². The van der Waals surface area contributed by atoms with Crippen LogP contribution >= 0.6 is 12.4 Å². The van der Waals surface area contributed by atoms with E-state index in [4.69, 9.17) is 14.2 Å². The third-order valence-electron chi connectivity index (χ3n) is 13.9. The molecule has 2 aliphatic rings. The Morgan fingerprint density at radius 1 is 0.558 bits per heavy atom. The van der Waals surface area contributed by atoms with E-state index in [0.717, 1.165) is 72.9 Å². The van der Waals surface area contributed by atoms with Crippen LogP contribution in [0.3, 0.4) is 0 Å². The molecule has 0 saturated carbocycles. The van der Waals surface area contributed by atoms with Crippen LogP contribution in [0.4, 0.5) is 11.6 Å². The lowest BCUT2D eigenvalue weighted by atomic mass is 10.1. The van der Waals surface area contributed by atoms with Gasteiger partial charge in [0.15, 0.2) is 0 Å². The lowest BCUT2D eigenvalue weighted by molar-refractivity contribution is -0.126. The van der Waals surface area contributed by atoms with Crippen LogP contribution < -0.4 is 35.5 Å². The molecule has 3 aromatic carbocycles. The quantitative estimate of drug-likeness (QED) is 0.0539. The predicted molar refractivity (Wildman–Crippen MR) is 347 cm³/mol. The molecule has 0 radical (unpaired) electrons. The van der Waals surface area contributed by atoms with Crippen molar-refractivity contribution in [3.8, 4) is 17.2 Å². The van der Waals surface area contributed by atoms with Crippen LogP contribution in [0.25, 0.3) is 12.2 Å². The Labute approximate surface area is 516 Å². The molecule has 0 fully saturated rings. The summed E-state index contributed by atoms with van der Waals surface area (Å²) in [5, 5.41) is 12.2. The molecule has 0 spiro atoms. The average molecular weight is 1200 g/mol. The van der Waals surface area contributed by atoms with Crippen molar-refractivity contribution in [3.63, 3.8) is 0 Å². The zero-order chi connectivity index (χ0) is 62.8. The number of carbonyl (C=O) groups is 5. The molecule has 4 heterocycles. The highest BCUT2D eigenvalue weighted by molar-refractivity contribution is 5.99. The number of anilines is 2. The zero-order valence-electron chi connectivity index (χ0n) is 53.4. The van der Waals surface area contributed by atoms with E-state index in [1.165, 1.54) is 6.08 Å². The summed E-state index contributed by atoms with van der Waals surface area (Å²) >= 11 is 0. The number of para-hydroxylation sites is 3. The van der Waals surface area contributed by atoms with Crippen molar-refractivity contribution >= 4 is 65.7 Å². The third-order valence-corrected chi connectivity index (χ3v) is 13.9. The summed E-state index contributed by atoms with van der Waals surface area (Å²) in [6.07, 6.45) is 11.2. The van der Waals surface area contributed by atoms with E-state index in [1.54, 1.807) is 72.5 Å². The van der Waals surface area contributed by atoms with Gasteiger partial charge in [-0.25, -0.2) is 9.97 Å². The number of nitrogens with one attached hydrogen (secondary N) is 4. The standard InChI is InChI=1S/2C26H34N4O3.C16H23NO2.ClH/c2*1-17(2)16-33-23-18(3)8-7-9-20(23)15-30(6)22(31)11-10-19-12-21-14-28-26(4,5)25(32)29-24(21)27-13-19;1-6-15(18)17(5)10-14-9-7-8-13(4)16(14)19-11-12(2)3;/h2*7-13,17,28H,14-16H2,1-6H3,(H,27,29,32);6-9,12H,1,10-11H2,2-5H3;1H/b2*11-10+;;. The number of rotatable bonds is 20. The summed E-state index contributed by atoms with van der Waals surface area (Å²) in [4.78, 5) is 75.3. The van der Waals surface area contributed by atoms with Crippen LogP contribution in [0.2, 0.25) is 0 Å². The maximum Gasteiger partial charge on any atom is 0.246 e. The van der Waals surface area contributed by atoms with Gasteiger partial charge in [0, 0.05) is 106 Å². The predicted octanol–water partition coefficient (Wildman–Crippen LogP) is 11.4. The van der Waals surface area contributed by atoms with Crippen molar-refractivity contribution in [2.45, 2.75) is 134 Å². The van der Waals surface area contributed by atoms with Gasteiger partial charge in [0.1, 0.15) is 28.9 Å². The molecule has 2 aliphatic heterocycles. The van der Waals surface area contributed by atoms with Gasteiger partial charge in [-0.3, -0.25) is 34.6 Å². The molecule has 5 amide bonds. The maximum absolute atomic E-state index is 12.8. The van der Waals surface area contributed by atoms with Gasteiger partial charge in [-0.2, -0.15) is 0 Å². The highest BCUT2D eigenvalue weighted by Crippen LogP contribution is 2.29. The number of ether oxygens (including phenoxy) is 3. The highest BCUT2D eigenvalue weighted by atomic mass is 35.5.